The van der Waals surface area contributed by atoms with Gasteiger partial charge in [0, 0.05) is 11.4 Å². The third kappa shape index (κ3) is 6.52. The van der Waals surface area contributed by atoms with Crippen LogP contribution in [0, 0.1) is 5.82 Å². The Bertz CT molecular complexity index is 753. The second kappa shape index (κ2) is 8.85. The highest BCUT2D eigenvalue weighted by Crippen LogP contribution is 2.23. The van der Waals surface area contributed by atoms with Gasteiger partial charge in [-0.15, -0.1) is 11.8 Å². The molecular formula is C20H23FN2O2S. The summed E-state index contributed by atoms with van der Waals surface area (Å²) in [6.07, 6.45) is 0. The van der Waals surface area contributed by atoms with Crippen LogP contribution in [0.15, 0.2) is 48.5 Å². The van der Waals surface area contributed by atoms with Crippen molar-refractivity contribution in [3.63, 3.8) is 0 Å². The molecule has 0 radical (unpaired) electrons. The second-order valence-electron chi connectivity index (χ2n) is 6.92. The Morgan fingerprint density at radius 3 is 1.69 bits per heavy atom. The molecule has 0 aliphatic carbocycles. The van der Waals surface area contributed by atoms with Gasteiger partial charge in [-0.2, -0.15) is 0 Å². The van der Waals surface area contributed by atoms with Crippen LogP contribution < -0.4 is 10.6 Å². The summed E-state index contributed by atoms with van der Waals surface area (Å²) in [5, 5.41) is 5.47. The minimum absolute atomic E-state index is 0.0657. The van der Waals surface area contributed by atoms with Crippen LogP contribution in [0.25, 0.3) is 0 Å². The zero-order chi connectivity index (χ0) is 19.2. The molecule has 0 aliphatic heterocycles. The van der Waals surface area contributed by atoms with E-state index in [9.17, 15) is 14.0 Å². The average molecular weight is 374 g/mol. The molecule has 0 aromatic heterocycles. The summed E-state index contributed by atoms with van der Waals surface area (Å²) >= 11 is 1.22. The van der Waals surface area contributed by atoms with Crippen molar-refractivity contribution in [1.29, 1.82) is 0 Å². The van der Waals surface area contributed by atoms with Crippen molar-refractivity contribution in [2.45, 2.75) is 26.2 Å². The summed E-state index contributed by atoms with van der Waals surface area (Å²) in [6.45, 7) is 6.40. The molecule has 2 rings (SSSR count). The van der Waals surface area contributed by atoms with Crippen molar-refractivity contribution in [2.75, 3.05) is 22.1 Å². The molecule has 0 bridgehead atoms. The van der Waals surface area contributed by atoms with Gasteiger partial charge in [-0.05, 0) is 47.4 Å². The molecule has 26 heavy (non-hydrogen) atoms. The molecule has 0 atom stereocenters. The van der Waals surface area contributed by atoms with Crippen LogP contribution in [-0.4, -0.2) is 23.3 Å². The molecule has 0 saturated carbocycles. The number of benzene rings is 2. The quantitative estimate of drug-likeness (QED) is 0.786. The van der Waals surface area contributed by atoms with Gasteiger partial charge in [0.05, 0.1) is 11.5 Å². The van der Waals surface area contributed by atoms with E-state index in [1.54, 1.807) is 0 Å². The fourth-order valence-corrected chi connectivity index (χ4v) is 2.83. The van der Waals surface area contributed by atoms with Crippen LogP contribution in [0.4, 0.5) is 15.8 Å². The second-order valence-corrected chi connectivity index (χ2v) is 7.91. The Morgan fingerprint density at radius 1 is 0.846 bits per heavy atom. The number of anilines is 2. The highest BCUT2D eigenvalue weighted by atomic mass is 32.2. The fraction of sp³-hybridized carbons (Fsp3) is 0.300. The van der Waals surface area contributed by atoms with E-state index in [-0.39, 0.29) is 34.6 Å². The van der Waals surface area contributed by atoms with Gasteiger partial charge < -0.3 is 10.6 Å². The maximum Gasteiger partial charge on any atom is 0.234 e. The standard InChI is InChI=1S/C20H23FN2O2S/c1-20(2,3)14-4-8-16(9-5-14)22-18(24)12-26-13-19(25)23-17-10-6-15(21)7-11-17/h4-11H,12-13H2,1-3H3,(H,22,24)(H,23,25). The van der Waals surface area contributed by atoms with Gasteiger partial charge in [0.1, 0.15) is 5.82 Å². The van der Waals surface area contributed by atoms with Crippen molar-refractivity contribution >= 4 is 35.0 Å². The Labute approximate surface area is 157 Å². The molecule has 2 N–H and O–H groups in total. The van der Waals surface area contributed by atoms with Crippen molar-refractivity contribution in [3.8, 4) is 0 Å². The Balaban J connectivity index is 1.73. The monoisotopic (exact) mass is 374 g/mol. The summed E-state index contributed by atoms with van der Waals surface area (Å²) in [7, 11) is 0. The van der Waals surface area contributed by atoms with Gasteiger partial charge in [0.15, 0.2) is 0 Å². The lowest BCUT2D eigenvalue weighted by Crippen LogP contribution is -2.18. The summed E-state index contributed by atoms with van der Waals surface area (Å²) in [5.74, 6) is -0.423. The number of hydrogen-bond acceptors (Lipinski definition) is 3. The number of carbonyl (C=O) groups excluding carboxylic acids is 2. The zero-order valence-corrected chi connectivity index (χ0v) is 16.0. The van der Waals surface area contributed by atoms with Crippen LogP contribution in [0.1, 0.15) is 26.3 Å². The van der Waals surface area contributed by atoms with E-state index in [1.165, 1.54) is 41.6 Å². The SMILES string of the molecule is CC(C)(C)c1ccc(NC(=O)CSCC(=O)Nc2ccc(F)cc2)cc1. The predicted molar refractivity (Wildman–Crippen MR) is 106 cm³/mol. The van der Waals surface area contributed by atoms with Gasteiger partial charge in [-0.1, -0.05) is 32.9 Å². The van der Waals surface area contributed by atoms with E-state index in [0.717, 1.165) is 5.69 Å². The molecule has 2 aromatic carbocycles. The van der Waals surface area contributed by atoms with Gasteiger partial charge >= 0.3 is 0 Å². The van der Waals surface area contributed by atoms with E-state index in [1.807, 2.05) is 24.3 Å². The molecule has 0 fully saturated rings. The highest BCUT2D eigenvalue weighted by molar-refractivity contribution is 8.00. The first-order valence-electron chi connectivity index (χ1n) is 8.27. The molecule has 0 saturated heterocycles. The number of amides is 2. The van der Waals surface area contributed by atoms with Crippen molar-refractivity contribution < 1.29 is 14.0 Å². The van der Waals surface area contributed by atoms with Gasteiger partial charge in [-0.25, -0.2) is 4.39 Å². The first kappa shape index (κ1) is 20.0. The first-order valence-corrected chi connectivity index (χ1v) is 9.43. The zero-order valence-electron chi connectivity index (χ0n) is 15.1. The lowest BCUT2D eigenvalue weighted by Gasteiger charge is -2.19. The Hall–Kier alpha value is -2.34. The summed E-state index contributed by atoms with van der Waals surface area (Å²) in [4.78, 5) is 23.8. The largest absolute Gasteiger partial charge is 0.325 e. The molecule has 2 aromatic rings. The van der Waals surface area contributed by atoms with Crippen LogP contribution >= 0.6 is 11.8 Å². The maximum absolute atomic E-state index is 12.8. The lowest BCUT2D eigenvalue weighted by molar-refractivity contribution is -0.114. The molecule has 0 unspecified atom stereocenters. The van der Waals surface area contributed by atoms with Crippen LogP contribution in [-0.2, 0) is 15.0 Å². The van der Waals surface area contributed by atoms with E-state index < -0.39 is 0 Å². The molecule has 0 aliphatic rings. The van der Waals surface area contributed by atoms with Crippen molar-refractivity contribution in [2.24, 2.45) is 0 Å². The molecule has 2 amide bonds. The summed E-state index contributed by atoms with van der Waals surface area (Å²) in [6, 6.07) is 13.3. The summed E-state index contributed by atoms with van der Waals surface area (Å²) < 4.78 is 12.8. The lowest BCUT2D eigenvalue weighted by atomic mass is 9.87. The number of hydrogen-bond donors (Lipinski definition) is 2. The maximum atomic E-state index is 12.8. The van der Waals surface area contributed by atoms with Crippen molar-refractivity contribution in [3.05, 3.63) is 59.9 Å². The summed E-state index contributed by atoms with van der Waals surface area (Å²) in [5.41, 5.74) is 2.53. The molecule has 6 heteroatoms. The predicted octanol–water partition coefficient (Wildman–Crippen LogP) is 4.43. The number of halogens is 1. The smallest absolute Gasteiger partial charge is 0.234 e. The van der Waals surface area contributed by atoms with Crippen molar-refractivity contribution in [1.82, 2.24) is 0 Å². The normalized spacial score (nSPS) is 11.1. The number of thioether (sulfide) groups is 1. The Morgan fingerprint density at radius 2 is 1.27 bits per heavy atom. The molecule has 4 nitrogen and oxygen atoms in total. The molecule has 0 heterocycles. The molecule has 0 spiro atoms. The third-order valence-electron chi connectivity index (χ3n) is 3.63. The van der Waals surface area contributed by atoms with Gasteiger partial charge in [-0.3, -0.25) is 9.59 Å². The highest BCUT2D eigenvalue weighted by Gasteiger charge is 2.13. The fourth-order valence-electron chi connectivity index (χ4n) is 2.22. The minimum atomic E-state index is -0.357. The van der Waals surface area contributed by atoms with E-state index in [2.05, 4.69) is 31.4 Å². The van der Waals surface area contributed by atoms with E-state index >= 15 is 0 Å². The third-order valence-corrected chi connectivity index (χ3v) is 4.56. The average Bonchev–Trinajstić information content (AvgIpc) is 2.56. The van der Waals surface area contributed by atoms with Crippen LogP contribution in [0.5, 0.6) is 0 Å². The molecular weight excluding hydrogens is 351 g/mol. The number of rotatable bonds is 6. The van der Waals surface area contributed by atoms with E-state index in [0.29, 0.717) is 5.69 Å². The van der Waals surface area contributed by atoms with E-state index in [4.69, 9.17) is 0 Å². The molecule has 138 valence electrons. The van der Waals surface area contributed by atoms with Crippen LogP contribution in [0.2, 0.25) is 0 Å². The van der Waals surface area contributed by atoms with Gasteiger partial charge in [0.25, 0.3) is 0 Å². The number of carbonyl (C=O) groups is 2. The van der Waals surface area contributed by atoms with Crippen LogP contribution in [0.3, 0.4) is 0 Å². The minimum Gasteiger partial charge on any atom is -0.325 e. The number of nitrogens with one attached hydrogen (secondary N) is 2. The first-order chi connectivity index (χ1) is 12.2. The van der Waals surface area contributed by atoms with Gasteiger partial charge in [0.2, 0.25) is 11.8 Å². The Kier molecular flexibility index (Phi) is 6.80. The topological polar surface area (TPSA) is 58.2 Å².